The molecule has 0 saturated heterocycles. The van der Waals surface area contributed by atoms with E-state index in [1.54, 1.807) is 18.0 Å². The number of nitrogens with zero attached hydrogens (tertiary/aromatic N) is 3. The van der Waals surface area contributed by atoms with Crippen LogP contribution in [0, 0.1) is 0 Å². The van der Waals surface area contributed by atoms with E-state index < -0.39 is 0 Å². The monoisotopic (exact) mass is 357 g/mol. The lowest BCUT2D eigenvalue weighted by molar-refractivity contribution is 0.215. The third-order valence-electron chi connectivity index (χ3n) is 3.39. The summed E-state index contributed by atoms with van der Waals surface area (Å²) in [4.78, 5) is 5.95. The van der Waals surface area contributed by atoms with Gasteiger partial charge in [0.1, 0.15) is 17.8 Å². The second-order valence-corrected chi connectivity index (χ2v) is 6.53. The largest absolute Gasteiger partial charge is 0.399 e. The summed E-state index contributed by atoms with van der Waals surface area (Å²) >= 11 is 7.58. The number of hydrogen-bond donors (Lipinski definition) is 0. The fourth-order valence-corrected chi connectivity index (χ4v) is 3.34. The molecule has 0 saturated carbocycles. The van der Waals surface area contributed by atoms with Crippen LogP contribution in [0.25, 0.3) is 11.3 Å². The Morgan fingerprint density at radius 1 is 1.12 bits per heavy atom. The molecule has 3 aromatic rings. The van der Waals surface area contributed by atoms with Gasteiger partial charge in [-0.3, -0.25) is 4.68 Å². The molecule has 1 heterocycles. The number of oxime groups is 1. The molecule has 1 aromatic heterocycles. The molecule has 0 bridgehead atoms. The van der Waals surface area contributed by atoms with Crippen LogP contribution < -0.4 is 0 Å². The first-order valence-corrected chi connectivity index (χ1v) is 8.51. The molecular weight excluding hydrogens is 342 g/mol. The van der Waals surface area contributed by atoms with E-state index >= 15 is 0 Å². The molecule has 3 rings (SSSR count). The van der Waals surface area contributed by atoms with Crippen molar-refractivity contribution in [1.82, 2.24) is 9.78 Å². The van der Waals surface area contributed by atoms with E-state index in [2.05, 4.69) is 10.3 Å². The quantitative estimate of drug-likeness (QED) is 0.483. The van der Waals surface area contributed by atoms with E-state index in [1.165, 1.54) is 7.11 Å². The van der Waals surface area contributed by atoms with E-state index in [9.17, 15) is 0 Å². The van der Waals surface area contributed by atoms with E-state index in [0.29, 0.717) is 0 Å². The number of aromatic nitrogens is 2. The average molecular weight is 358 g/mol. The molecule has 2 aromatic carbocycles. The van der Waals surface area contributed by atoms with Gasteiger partial charge in [0, 0.05) is 22.5 Å². The first-order chi connectivity index (χ1) is 11.7. The zero-order valence-corrected chi connectivity index (χ0v) is 14.9. The third-order valence-corrected chi connectivity index (χ3v) is 4.83. The van der Waals surface area contributed by atoms with E-state index in [1.807, 2.05) is 66.3 Å². The summed E-state index contributed by atoms with van der Waals surface area (Å²) in [5.74, 6) is 0. The summed E-state index contributed by atoms with van der Waals surface area (Å²) in [7, 11) is 3.45. The lowest BCUT2D eigenvalue weighted by Gasteiger charge is -2.04. The summed E-state index contributed by atoms with van der Waals surface area (Å²) in [6.45, 7) is 0. The zero-order valence-electron chi connectivity index (χ0n) is 13.3. The highest BCUT2D eigenvalue weighted by Crippen LogP contribution is 2.35. The van der Waals surface area contributed by atoms with Gasteiger partial charge in [-0.1, -0.05) is 58.9 Å². The van der Waals surface area contributed by atoms with Gasteiger partial charge in [0.25, 0.3) is 0 Å². The fraction of sp³-hybridized carbons (Fsp3) is 0.111. The smallest absolute Gasteiger partial charge is 0.108 e. The molecule has 0 aliphatic heterocycles. The molecule has 122 valence electrons. The Balaban J connectivity index is 2.06. The maximum Gasteiger partial charge on any atom is 0.108 e. The molecule has 0 aliphatic carbocycles. The minimum atomic E-state index is 0.718. The Morgan fingerprint density at radius 2 is 1.83 bits per heavy atom. The van der Waals surface area contributed by atoms with Gasteiger partial charge in [-0.05, 0) is 24.3 Å². The van der Waals surface area contributed by atoms with Crippen molar-refractivity contribution in [2.24, 2.45) is 12.2 Å². The van der Waals surface area contributed by atoms with Crippen LogP contribution in [0.15, 0.2) is 69.7 Å². The number of halogens is 1. The molecule has 0 amide bonds. The number of hydrogen-bond acceptors (Lipinski definition) is 4. The second-order valence-electron chi connectivity index (χ2n) is 5.03. The van der Waals surface area contributed by atoms with Crippen molar-refractivity contribution < 1.29 is 4.84 Å². The van der Waals surface area contributed by atoms with Crippen LogP contribution in [0.4, 0.5) is 0 Å². The Hall–Kier alpha value is -2.24. The molecule has 0 unspecified atom stereocenters. The van der Waals surface area contributed by atoms with Gasteiger partial charge >= 0.3 is 0 Å². The Labute approximate surface area is 150 Å². The molecule has 0 spiro atoms. The fourth-order valence-electron chi connectivity index (χ4n) is 2.29. The summed E-state index contributed by atoms with van der Waals surface area (Å²) in [5.41, 5.74) is 2.83. The van der Waals surface area contributed by atoms with Gasteiger partial charge in [-0.25, -0.2) is 0 Å². The Bertz CT molecular complexity index is 845. The van der Waals surface area contributed by atoms with Gasteiger partial charge in [0.2, 0.25) is 0 Å². The second kappa shape index (κ2) is 7.55. The standard InChI is InChI=1S/C18H16ClN3OS/c1-22-18(24-15-10-8-14(19)9-11-15)16(12-20-23-2)17(21-22)13-6-4-3-5-7-13/h3-12H,1-2H3. The minimum Gasteiger partial charge on any atom is -0.399 e. The predicted octanol–water partition coefficient (Wildman–Crippen LogP) is 4.87. The van der Waals surface area contributed by atoms with Crippen molar-refractivity contribution in [3.8, 4) is 11.3 Å². The first kappa shape index (κ1) is 16.6. The van der Waals surface area contributed by atoms with E-state index in [0.717, 1.165) is 31.8 Å². The number of aryl methyl sites for hydroxylation is 1. The van der Waals surface area contributed by atoms with Crippen LogP contribution in [0.1, 0.15) is 5.56 Å². The highest BCUT2D eigenvalue weighted by Gasteiger charge is 2.17. The van der Waals surface area contributed by atoms with Crippen LogP contribution >= 0.6 is 23.4 Å². The maximum absolute atomic E-state index is 5.97. The molecule has 0 radical (unpaired) electrons. The van der Waals surface area contributed by atoms with Gasteiger partial charge in [-0.2, -0.15) is 5.10 Å². The van der Waals surface area contributed by atoms with Crippen molar-refractivity contribution in [3.63, 3.8) is 0 Å². The Morgan fingerprint density at radius 3 is 2.50 bits per heavy atom. The van der Waals surface area contributed by atoms with Gasteiger partial charge in [0.15, 0.2) is 0 Å². The molecule has 0 N–H and O–H groups in total. The number of benzene rings is 2. The van der Waals surface area contributed by atoms with Crippen LogP contribution in [-0.2, 0) is 11.9 Å². The van der Waals surface area contributed by atoms with Gasteiger partial charge < -0.3 is 4.84 Å². The molecular formula is C18H16ClN3OS. The molecule has 24 heavy (non-hydrogen) atoms. The van der Waals surface area contributed by atoms with Crippen LogP contribution in [0.2, 0.25) is 5.02 Å². The lowest BCUT2D eigenvalue weighted by atomic mass is 10.1. The van der Waals surface area contributed by atoms with Crippen molar-refractivity contribution in [2.45, 2.75) is 9.92 Å². The summed E-state index contributed by atoms with van der Waals surface area (Å²) in [6.07, 6.45) is 1.70. The van der Waals surface area contributed by atoms with Crippen molar-refractivity contribution >= 4 is 29.6 Å². The molecule has 0 aliphatic rings. The predicted molar refractivity (Wildman–Crippen MR) is 98.8 cm³/mol. The summed E-state index contributed by atoms with van der Waals surface area (Å²) < 4.78 is 1.86. The van der Waals surface area contributed by atoms with Crippen LogP contribution in [0.5, 0.6) is 0 Å². The highest BCUT2D eigenvalue weighted by atomic mass is 35.5. The van der Waals surface area contributed by atoms with Crippen molar-refractivity contribution in [3.05, 3.63) is 65.2 Å². The molecule has 4 nitrogen and oxygen atoms in total. The topological polar surface area (TPSA) is 39.4 Å². The van der Waals surface area contributed by atoms with Crippen molar-refractivity contribution in [1.29, 1.82) is 0 Å². The maximum atomic E-state index is 5.97. The Kier molecular flexibility index (Phi) is 5.23. The first-order valence-electron chi connectivity index (χ1n) is 7.31. The van der Waals surface area contributed by atoms with Gasteiger partial charge in [0.05, 0.1) is 11.8 Å². The summed E-state index contributed by atoms with van der Waals surface area (Å²) in [5, 5.41) is 10.3. The average Bonchev–Trinajstić information content (AvgIpc) is 2.92. The SMILES string of the molecule is CON=Cc1c(-c2ccccc2)nn(C)c1Sc1ccc(Cl)cc1. The molecule has 0 fully saturated rings. The lowest BCUT2D eigenvalue weighted by Crippen LogP contribution is -1.93. The normalized spacial score (nSPS) is 11.1. The summed E-state index contributed by atoms with van der Waals surface area (Å²) in [6, 6.07) is 17.8. The third kappa shape index (κ3) is 3.63. The molecule has 0 atom stereocenters. The molecule has 6 heteroatoms. The van der Waals surface area contributed by atoms with Gasteiger partial charge in [-0.15, -0.1) is 0 Å². The zero-order chi connectivity index (χ0) is 16.9. The van der Waals surface area contributed by atoms with E-state index in [4.69, 9.17) is 16.4 Å². The van der Waals surface area contributed by atoms with E-state index in [-0.39, 0.29) is 0 Å². The number of rotatable bonds is 5. The minimum absolute atomic E-state index is 0.718. The van der Waals surface area contributed by atoms with Crippen molar-refractivity contribution in [2.75, 3.05) is 7.11 Å². The van der Waals surface area contributed by atoms with Crippen LogP contribution in [-0.4, -0.2) is 23.1 Å². The highest BCUT2D eigenvalue weighted by molar-refractivity contribution is 7.99. The van der Waals surface area contributed by atoms with Crippen LogP contribution in [0.3, 0.4) is 0 Å².